The van der Waals surface area contributed by atoms with Gasteiger partial charge in [0.25, 0.3) is 0 Å². The zero-order valence-corrected chi connectivity index (χ0v) is 9.43. The van der Waals surface area contributed by atoms with Gasteiger partial charge in [0.15, 0.2) is 0 Å². The molecule has 82 valence electrons. The van der Waals surface area contributed by atoms with Crippen LogP contribution in [0.2, 0.25) is 5.02 Å². The predicted molar refractivity (Wildman–Crippen MR) is 64.4 cm³/mol. The molecule has 0 aliphatic heterocycles. The van der Waals surface area contributed by atoms with Gasteiger partial charge >= 0.3 is 0 Å². The first-order valence-corrected chi connectivity index (χ1v) is 5.47. The third-order valence-electron chi connectivity index (χ3n) is 2.37. The average molecular weight is 234 g/mol. The number of benzene rings is 1. The van der Waals surface area contributed by atoms with Crippen molar-refractivity contribution in [2.24, 2.45) is 0 Å². The monoisotopic (exact) mass is 233 g/mol. The summed E-state index contributed by atoms with van der Waals surface area (Å²) in [4.78, 5) is 4.09. The van der Waals surface area contributed by atoms with E-state index in [0.29, 0.717) is 17.1 Å². The lowest BCUT2D eigenvalue weighted by Gasteiger charge is -2.11. The van der Waals surface area contributed by atoms with Crippen molar-refractivity contribution in [3.63, 3.8) is 0 Å². The van der Waals surface area contributed by atoms with Crippen LogP contribution < -0.4 is 0 Å². The summed E-state index contributed by atoms with van der Waals surface area (Å²) in [6.07, 6.45) is 1.50. The second-order valence-electron chi connectivity index (χ2n) is 3.58. The highest BCUT2D eigenvalue weighted by Crippen LogP contribution is 2.22. The molecule has 16 heavy (non-hydrogen) atoms. The van der Waals surface area contributed by atoms with Gasteiger partial charge in [0.2, 0.25) is 0 Å². The van der Waals surface area contributed by atoms with E-state index in [0.717, 1.165) is 5.56 Å². The van der Waals surface area contributed by atoms with Gasteiger partial charge in [-0.05, 0) is 17.7 Å². The number of aliphatic hydroxyl groups is 1. The molecule has 1 unspecified atom stereocenters. The van der Waals surface area contributed by atoms with Crippen molar-refractivity contribution < 1.29 is 5.11 Å². The Morgan fingerprint density at radius 1 is 1.12 bits per heavy atom. The summed E-state index contributed by atoms with van der Waals surface area (Å²) in [5.41, 5.74) is 1.60. The van der Waals surface area contributed by atoms with Crippen LogP contribution in [0.15, 0.2) is 48.7 Å². The van der Waals surface area contributed by atoms with Crippen LogP contribution in [0.3, 0.4) is 0 Å². The van der Waals surface area contributed by atoms with E-state index in [1.807, 2.05) is 30.3 Å². The molecule has 0 aliphatic carbocycles. The zero-order valence-electron chi connectivity index (χ0n) is 8.68. The van der Waals surface area contributed by atoms with Crippen LogP contribution in [0.25, 0.3) is 0 Å². The Kier molecular flexibility index (Phi) is 3.54. The third kappa shape index (κ3) is 2.60. The fraction of sp³-hybridized carbons (Fsp3) is 0.154. The molecule has 1 aromatic heterocycles. The van der Waals surface area contributed by atoms with Crippen LogP contribution in [0.4, 0.5) is 0 Å². The fourth-order valence-corrected chi connectivity index (χ4v) is 1.82. The largest absolute Gasteiger partial charge is 0.386 e. The second kappa shape index (κ2) is 5.10. The van der Waals surface area contributed by atoms with E-state index in [9.17, 15) is 5.11 Å². The van der Waals surface area contributed by atoms with Crippen LogP contribution >= 0.6 is 11.6 Å². The van der Waals surface area contributed by atoms with Gasteiger partial charge in [-0.1, -0.05) is 41.9 Å². The first-order chi connectivity index (χ1) is 7.77. The van der Waals surface area contributed by atoms with Gasteiger partial charge < -0.3 is 5.11 Å². The minimum Gasteiger partial charge on any atom is -0.386 e. The van der Waals surface area contributed by atoms with E-state index in [4.69, 9.17) is 11.6 Å². The van der Waals surface area contributed by atoms with Gasteiger partial charge in [-0.3, -0.25) is 4.98 Å². The van der Waals surface area contributed by atoms with Crippen molar-refractivity contribution in [1.82, 2.24) is 4.98 Å². The topological polar surface area (TPSA) is 33.1 Å². The Balaban J connectivity index is 2.15. The Hall–Kier alpha value is -1.38. The third-order valence-corrected chi connectivity index (χ3v) is 2.69. The molecule has 0 saturated heterocycles. The predicted octanol–water partition coefficient (Wildman–Crippen LogP) is 3.01. The highest BCUT2D eigenvalue weighted by atomic mass is 35.5. The summed E-state index contributed by atoms with van der Waals surface area (Å²) < 4.78 is 0. The van der Waals surface area contributed by atoms with Gasteiger partial charge in [-0.25, -0.2) is 0 Å². The molecule has 0 fully saturated rings. The molecule has 2 nitrogen and oxygen atoms in total. The Morgan fingerprint density at radius 2 is 1.88 bits per heavy atom. The van der Waals surface area contributed by atoms with Crippen LogP contribution in [-0.2, 0) is 6.42 Å². The van der Waals surface area contributed by atoms with Gasteiger partial charge in [0.05, 0.1) is 10.7 Å². The van der Waals surface area contributed by atoms with Crippen molar-refractivity contribution >= 4 is 11.6 Å². The number of hydrogen-bond donors (Lipinski definition) is 1. The SMILES string of the molecule is OC(Cc1ccccc1)c1ncccc1Cl. The highest BCUT2D eigenvalue weighted by Gasteiger charge is 2.12. The van der Waals surface area contributed by atoms with E-state index >= 15 is 0 Å². The van der Waals surface area contributed by atoms with E-state index in [2.05, 4.69) is 4.98 Å². The number of aliphatic hydroxyl groups excluding tert-OH is 1. The number of pyridine rings is 1. The molecule has 1 N–H and O–H groups in total. The molecule has 1 atom stereocenters. The van der Waals surface area contributed by atoms with Gasteiger partial charge in [-0.2, -0.15) is 0 Å². The van der Waals surface area contributed by atoms with Gasteiger partial charge in [0, 0.05) is 12.6 Å². The number of hydrogen-bond acceptors (Lipinski definition) is 2. The van der Waals surface area contributed by atoms with Gasteiger partial charge in [0.1, 0.15) is 6.10 Å². The molecule has 3 heteroatoms. The van der Waals surface area contributed by atoms with E-state index in [1.54, 1.807) is 18.3 Å². The molecule has 1 aromatic carbocycles. The molecule has 0 aliphatic rings. The Morgan fingerprint density at radius 3 is 2.56 bits per heavy atom. The van der Waals surface area contributed by atoms with Gasteiger partial charge in [-0.15, -0.1) is 0 Å². The maximum Gasteiger partial charge on any atom is 0.101 e. The number of rotatable bonds is 3. The lowest BCUT2D eigenvalue weighted by molar-refractivity contribution is 0.173. The van der Waals surface area contributed by atoms with Crippen molar-refractivity contribution in [2.75, 3.05) is 0 Å². The molecule has 0 bridgehead atoms. The average Bonchev–Trinajstić information content (AvgIpc) is 2.31. The van der Waals surface area contributed by atoms with Crippen molar-refractivity contribution in [1.29, 1.82) is 0 Å². The summed E-state index contributed by atoms with van der Waals surface area (Å²) in [6, 6.07) is 13.3. The summed E-state index contributed by atoms with van der Waals surface area (Å²) in [6.45, 7) is 0. The first kappa shape index (κ1) is 11.1. The van der Waals surface area contributed by atoms with Crippen LogP contribution in [0.1, 0.15) is 17.4 Å². The molecular formula is C13H12ClNO. The van der Waals surface area contributed by atoms with Crippen molar-refractivity contribution in [3.8, 4) is 0 Å². The van der Waals surface area contributed by atoms with E-state index in [1.165, 1.54) is 0 Å². The number of halogens is 1. The standard InChI is InChI=1S/C13H12ClNO/c14-11-7-4-8-15-13(11)12(16)9-10-5-2-1-3-6-10/h1-8,12,16H,9H2. The Labute approximate surface area is 99.5 Å². The maximum atomic E-state index is 10.0. The number of nitrogens with zero attached hydrogens (tertiary/aromatic N) is 1. The molecule has 0 amide bonds. The second-order valence-corrected chi connectivity index (χ2v) is 3.98. The van der Waals surface area contributed by atoms with Crippen LogP contribution in [-0.4, -0.2) is 10.1 Å². The van der Waals surface area contributed by atoms with Crippen molar-refractivity contribution in [3.05, 3.63) is 64.9 Å². The van der Waals surface area contributed by atoms with Crippen LogP contribution in [0.5, 0.6) is 0 Å². The summed E-state index contributed by atoms with van der Waals surface area (Å²) >= 11 is 5.96. The molecule has 2 rings (SSSR count). The molecule has 0 saturated carbocycles. The lowest BCUT2D eigenvalue weighted by atomic mass is 10.1. The minimum atomic E-state index is -0.656. The lowest BCUT2D eigenvalue weighted by Crippen LogP contribution is -2.04. The van der Waals surface area contributed by atoms with Crippen molar-refractivity contribution in [2.45, 2.75) is 12.5 Å². The molecule has 0 radical (unpaired) electrons. The van der Waals surface area contributed by atoms with E-state index < -0.39 is 6.10 Å². The summed E-state index contributed by atoms with van der Waals surface area (Å²) in [7, 11) is 0. The zero-order chi connectivity index (χ0) is 11.4. The van der Waals surface area contributed by atoms with Crippen LogP contribution in [0, 0.1) is 0 Å². The maximum absolute atomic E-state index is 10.0. The molecular weight excluding hydrogens is 222 g/mol. The quantitative estimate of drug-likeness (QED) is 0.884. The number of aromatic nitrogens is 1. The van der Waals surface area contributed by atoms with E-state index in [-0.39, 0.29) is 0 Å². The fourth-order valence-electron chi connectivity index (χ4n) is 1.58. The smallest absolute Gasteiger partial charge is 0.101 e. The minimum absolute atomic E-state index is 0.505. The first-order valence-electron chi connectivity index (χ1n) is 5.10. The Bertz CT molecular complexity index is 458. The molecule has 0 spiro atoms. The normalized spacial score (nSPS) is 12.4. The molecule has 2 aromatic rings. The highest BCUT2D eigenvalue weighted by molar-refractivity contribution is 6.31. The summed E-state index contributed by atoms with van der Waals surface area (Å²) in [5.74, 6) is 0. The molecule has 1 heterocycles. The summed E-state index contributed by atoms with van der Waals surface area (Å²) in [5, 5.41) is 10.5.